The number of nitrogens with one attached hydrogen (secondary N) is 1. The monoisotopic (exact) mass is 445 g/mol. The van der Waals surface area contributed by atoms with Gasteiger partial charge < -0.3 is 21.2 Å². The molecule has 2 aromatic rings. The van der Waals surface area contributed by atoms with Gasteiger partial charge in [-0.3, -0.25) is 10.2 Å². The summed E-state index contributed by atoms with van der Waals surface area (Å²) in [5, 5.41) is 9.34. The molecule has 0 bridgehead atoms. The molecular weight excluding hydrogens is 418 g/mol. The van der Waals surface area contributed by atoms with Gasteiger partial charge in [-0.15, -0.1) is 0 Å². The predicted molar refractivity (Wildman–Crippen MR) is 118 cm³/mol. The van der Waals surface area contributed by atoms with Crippen molar-refractivity contribution in [1.29, 1.82) is 5.41 Å². The molecule has 10 heteroatoms. The van der Waals surface area contributed by atoms with Gasteiger partial charge in [0.1, 0.15) is 11.8 Å². The Morgan fingerprint density at radius 3 is 2.55 bits per heavy atom. The number of sulfonamides is 1. The maximum atomic E-state index is 13.6. The third kappa shape index (κ3) is 4.26. The molecular formula is C21H27N5O4S. The van der Waals surface area contributed by atoms with E-state index in [0.29, 0.717) is 25.7 Å². The molecule has 3 rings (SSSR count). The number of fused-ring (bicyclic) bond motifs is 1. The largest absolute Gasteiger partial charge is 0.370 e. The third-order valence-electron chi connectivity index (χ3n) is 6.10. The summed E-state index contributed by atoms with van der Waals surface area (Å²) in [6.45, 7) is 0.706. The zero-order chi connectivity index (χ0) is 22.8. The molecule has 1 aliphatic heterocycles. The molecule has 1 saturated heterocycles. The number of amides is 1. The molecule has 2 atom stereocenters. The fraction of sp³-hybridized carbons (Fsp3) is 0.381. The van der Waals surface area contributed by atoms with Crippen LogP contribution in [-0.4, -0.2) is 61.5 Å². The van der Waals surface area contributed by atoms with Gasteiger partial charge in [0, 0.05) is 26.1 Å². The first-order valence-corrected chi connectivity index (χ1v) is 11.4. The Morgan fingerprint density at radius 1 is 1.26 bits per heavy atom. The van der Waals surface area contributed by atoms with E-state index in [1.165, 1.54) is 13.1 Å². The Hall–Kier alpha value is -2.98. The Kier molecular flexibility index (Phi) is 6.33. The summed E-state index contributed by atoms with van der Waals surface area (Å²) in [5.41, 5.74) is 9.38. The molecule has 1 amide bonds. The van der Waals surface area contributed by atoms with E-state index in [0.717, 1.165) is 15.1 Å². The number of nitrogens with two attached hydrogens (primary N) is 2. The van der Waals surface area contributed by atoms with E-state index in [-0.39, 0.29) is 17.4 Å². The molecule has 0 saturated carbocycles. The lowest BCUT2D eigenvalue weighted by atomic mass is 9.77. The minimum absolute atomic E-state index is 0.0172. The summed E-state index contributed by atoms with van der Waals surface area (Å²) in [6.07, 6.45) is 1.14. The Bertz CT molecular complexity index is 1120. The van der Waals surface area contributed by atoms with Crippen molar-refractivity contribution in [2.24, 2.45) is 17.4 Å². The summed E-state index contributed by atoms with van der Waals surface area (Å²) in [4.78, 5) is 26.0. The number of piperidine rings is 1. The predicted octanol–water partition coefficient (Wildman–Crippen LogP) is 0.879. The number of nitrogens with zero attached hydrogens (tertiary/aromatic N) is 2. The van der Waals surface area contributed by atoms with Gasteiger partial charge in [-0.2, -0.15) is 4.31 Å². The van der Waals surface area contributed by atoms with Crippen molar-refractivity contribution in [3.63, 3.8) is 0 Å². The van der Waals surface area contributed by atoms with E-state index < -0.39 is 33.8 Å². The number of likely N-dealkylation sites (N-methyl/N-ethyl adjacent to an activating group) is 1. The van der Waals surface area contributed by atoms with E-state index in [9.17, 15) is 18.0 Å². The summed E-state index contributed by atoms with van der Waals surface area (Å²) >= 11 is 0. The topological polar surface area (TPSA) is 151 Å². The van der Waals surface area contributed by atoms with Gasteiger partial charge in [0.15, 0.2) is 5.96 Å². The molecule has 9 nitrogen and oxygen atoms in total. The van der Waals surface area contributed by atoms with E-state index in [1.807, 2.05) is 18.2 Å². The zero-order valence-electron chi connectivity index (χ0n) is 17.3. The molecule has 166 valence electrons. The van der Waals surface area contributed by atoms with Crippen molar-refractivity contribution in [3.05, 3.63) is 42.5 Å². The smallest absolute Gasteiger partial charge is 0.243 e. The third-order valence-corrected chi connectivity index (χ3v) is 8.01. The molecule has 2 aromatic carbocycles. The highest BCUT2D eigenvalue weighted by Crippen LogP contribution is 2.36. The molecule has 0 aromatic heterocycles. The minimum Gasteiger partial charge on any atom is -0.370 e. The first-order chi connectivity index (χ1) is 14.6. The van der Waals surface area contributed by atoms with Crippen LogP contribution in [0.3, 0.4) is 0 Å². The number of guanidine groups is 1. The summed E-state index contributed by atoms with van der Waals surface area (Å²) in [7, 11) is -2.84. The van der Waals surface area contributed by atoms with Gasteiger partial charge >= 0.3 is 0 Å². The molecule has 0 aliphatic carbocycles. The normalized spacial score (nSPS) is 19.2. The number of carbonyl (C=O) groups excluding carboxylic acids is 2. The van der Waals surface area contributed by atoms with Crippen LogP contribution < -0.4 is 11.5 Å². The molecule has 0 unspecified atom stereocenters. The lowest BCUT2D eigenvalue weighted by molar-refractivity contribution is -0.128. The van der Waals surface area contributed by atoms with E-state index >= 15 is 0 Å². The van der Waals surface area contributed by atoms with Crippen LogP contribution in [0.5, 0.6) is 0 Å². The van der Waals surface area contributed by atoms with Crippen molar-refractivity contribution >= 4 is 38.9 Å². The summed E-state index contributed by atoms with van der Waals surface area (Å²) in [6, 6.07) is 12.1. The number of primary amides is 1. The van der Waals surface area contributed by atoms with Crippen molar-refractivity contribution in [2.75, 3.05) is 20.1 Å². The number of hydrogen-bond donors (Lipinski definition) is 3. The van der Waals surface area contributed by atoms with E-state index in [2.05, 4.69) is 0 Å². The van der Waals surface area contributed by atoms with Gasteiger partial charge in [-0.05, 0) is 35.7 Å². The number of likely N-dealkylation sites (tertiary alicyclic amines) is 1. The summed E-state index contributed by atoms with van der Waals surface area (Å²) < 4.78 is 28.1. The standard InChI is InChI=1S/C21H27N5O4S/c1-25(31(29,30)18-9-8-15-5-2-3-6-16(15)11-18)21(14-27,12-19(22)28)17-7-4-10-26(13-17)20(23)24/h2-3,5-6,8-9,11,14,17H,4,7,10,12-13H2,1H3,(H2,22,28)(H3,23,24)/t17-,21-/m0/s1. The van der Waals surface area contributed by atoms with Crippen LogP contribution >= 0.6 is 0 Å². The van der Waals surface area contributed by atoms with Crippen LogP contribution in [0.25, 0.3) is 10.8 Å². The zero-order valence-corrected chi connectivity index (χ0v) is 18.1. The van der Waals surface area contributed by atoms with Crippen molar-refractivity contribution < 1.29 is 18.0 Å². The van der Waals surface area contributed by atoms with Crippen LogP contribution in [-0.2, 0) is 19.6 Å². The Morgan fingerprint density at radius 2 is 1.94 bits per heavy atom. The molecule has 31 heavy (non-hydrogen) atoms. The first-order valence-electron chi connectivity index (χ1n) is 9.93. The Labute approximate surface area is 181 Å². The van der Waals surface area contributed by atoms with Gasteiger partial charge in [0.05, 0.1) is 11.3 Å². The van der Waals surface area contributed by atoms with Crippen LogP contribution in [0.4, 0.5) is 0 Å². The van der Waals surface area contributed by atoms with Crippen molar-refractivity contribution in [3.8, 4) is 0 Å². The average molecular weight is 446 g/mol. The number of rotatable bonds is 7. The fourth-order valence-corrected chi connectivity index (χ4v) is 5.85. The SMILES string of the molecule is CN([C@](C=O)(CC(N)=O)[C@H]1CCCN(C(=N)N)C1)S(=O)(=O)c1ccc2ccccc2c1. The van der Waals surface area contributed by atoms with Crippen LogP contribution in [0.15, 0.2) is 47.4 Å². The average Bonchev–Trinajstić information content (AvgIpc) is 2.76. The van der Waals surface area contributed by atoms with Crippen LogP contribution in [0.2, 0.25) is 0 Å². The second-order valence-electron chi connectivity index (χ2n) is 7.90. The number of benzene rings is 2. The molecule has 1 aliphatic rings. The molecule has 1 fully saturated rings. The van der Waals surface area contributed by atoms with Crippen molar-refractivity contribution in [1.82, 2.24) is 9.21 Å². The van der Waals surface area contributed by atoms with E-state index in [1.54, 1.807) is 23.1 Å². The molecule has 0 spiro atoms. The highest BCUT2D eigenvalue weighted by molar-refractivity contribution is 7.89. The fourth-order valence-electron chi connectivity index (χ4n) is 4.32. The Balaban J connectivity index is 2.07. The lowest BCUT2D eigenvalue weighted by Crippen LogP contribution is -2.61. The number of aldehydes is 1. The molecule has 0 radical (unpaired) electrons. The maximum Gasteiger partial charge on any atom is 0.243 e. The minimum atomic E-state index is -4.14. The highest BCUT2D eigenvalue weighted by Gasteiger charge is 2.50. The van der Waals surface area contributed by atoms with Gasteiger partial charge in [-0.1, -0.05) is 30.3 Å². The molecule has 5 N–H and O–H groups in total. The highest BCUT2D eigenvalue weighted by atomic mass is 32.2. The van der Waals surface area contributed by atoms with E-state index in [4.69, 9.17) is 16.9 Å². The lowest BCUT2D eigenvalue weighted by Gasteiger charge is -2.46. The van der Waals surface area contributed by atoms with Crippen molar-refractivity contribution in [2.45, 2.75) is 29.7 Å². The molecule has 1 heterocycles. The van der Waals surface area contributed by atoms with Gasteiger partial charge in [-0.25, -0.2) is 8.42 Å². The number of carbonyl (C=O) groups is 2. The van der Waals surface area contributed by atoms with Crippen LogP contribution in [0.1, 0.15) is 19.3 Å². The first kappa shape index (κ1) is 22.7. The number of hydrogen-bond acceptors (Lipinski definition) is 5. The summed E-state index contributed by atoms with van der Waals surface area (Å²) in [5.74, 6) is -1.51. The second-order valence-corrected chi connectivity index (χ2v) is 9.87. The maximum absolute atomic E-state index is 13.6. The van der Waals surface area contributed by atoms with Gasteiger partial charge in [0.2, 0.25) is 15.9 Å². The van der Waals surface area contributed by atoms with Gasteiger partial charge in [0.25, 0.3) is 0 Å². The second kappa shape index (κ2) is 8.64. The van der Waals surface area contributed by atoms with Crippen LogP contribution in [0, 0.1) is 11.3 Å². The quantitative estimate of drug-likeness (QED) is 0.327.